The Morgan fingerprint density at radius 2 is 1.88 bits per heavy atom. The summed E-state index contributed by atoms with van der Waals surface area (Å²) in [6.07, 6.45) is 0.769. The molecule has 0 bridgehead atoms. The van der Waals surface area contributed by atoms with Crippen LogP contribution < -0.4 is 4.90 Å². The number of benzene rings is 2. The minimum Gasteiger partial charge on any atom is -0.478 e. The summed E-state index contributed by atoms with van der Waals surface area (Å²) in [5.41, 5.74) is 3.97. The highest BCUT2D eigenvalue weighted by atomic mass is 16.5. The second-order valence-corrected chi connectivity index (χ2v) is 8.21. The number of carboxylic acid groups (broad SMARTS) is 1. The standard InChI is InChI=1S/C25H32N4O4/c1-4-33-18(2)27-11-13-28(14-12-27)20-6-5-7-21(17-20)29-23-9-8-19(25(30)31)16-22(23)26-24(29)10-15-32-3/h5-9,16-18H,4,10-15H2,1-3H3,(H,30,31). The fraction of sp³-hybridized carbons (Fsp3) is 0.440. The molecule has 3 aromatic rings. The molecule has 4 rings (SSSR count). The summed E-state index contributed by atoms with van der Waals surface area (Å²) in [6.45, 7) is 9.18. The summed E-state index contributed by atoms with van der Waals surface area (Å²) in [7, 11) is 1.67. The largest absolute Gasteiger partial charge is 0.478 e. The molecule has 0 amide bonds. The van der Waals surface area contributed by atoms with E-state index >= 15 is 0 Å². The summed E-state index contributed by atoms with van der Waals surface area (Å²) in [4.78, 5) is 20.9. The molecule has 1 fully saturated rings. The number of imidazole rings is 1. The molecule has 0 saturated carbocycles. The normalized spacial score (nSPS) is 15.8. The molecule has 2 aromatic carbocycles. The molecule has 1 aromatic heterocycles. The van der Waals surface area contributed by atoms with Crippen molar-refractivity contribution in [3.8, 4) is 5.69 Å². The predicted octanol–water partition coefficient (Wildman–Crippen LogP) is 3.42. The molecule has 0 spiro atoms. The highest BCUT2D eigenvalue weighted by Gasteiger charge is 2.22. The van der Waals surface area contributed by atoms with E-state index in [9.17, 15) is 9.90 Å². The Kier molecular flexibility index (Phi) is 7.27. The van der Waals surface area contributed by atoms with Gasteiger partial charge in [0.25, 0.3) is 0 Å². The predicted molar refractivity (Wildman–Crippen MR) is 128 cm³/mol. The van der Waals surface area contributed by atoms with Gasteiger partial charge in [-0.2, -0.15) is 0 Å². The van der Waals surface area contributed by atoms with Crippen LogP contribution in [-0.2, 0) is 15.9 Å². The van der Waals surface area contributed by atoms with Crippen LogP contribution in [0.25, 0.3) is 16.7 Å². The molecule has 1 unspecified atom stereocenters. The SMILES string of the molecule is CCOC(C)N1CCN(c2cccc(-n3c(CCOC)nc4cc(C(=O)O)ccc43)c2)CC1. The third-order valence-electron chi connectivity index (χ3n) is 6.19. The van der Waals surface area contributed by atoms with Crippen molar-refractivity contribution in [3.63, 3.8) is 0 Å². The Hall–Kier alpha value is -2.94. The van der Waals surface area contributed by atoms with Crippen molar-refractivity contribution in [3.05, 3.63) is 53.9 Å². The first-order chi connectivity index (χ1) is 16.0. The second kappa shape index (κ2) is 10.3. The second-order valence-electron chi connectivity index (χ2n) is 8.21. The van der Waals surface area contributed by atoms with E-state index < -0.39 is 5.97 Å². The van der Waals surface area contributed by atoms with Gasteiger partial charge in [-0.25, -0.2) is 9.78 Å². The van der Waals surface area contributed by atoms with Crippen LogP contribution in [0.15, 0.2) is 42.5 Å². The Bertz CT molecular complexity index is 1100. The van der Waals surface area contributed by atoms with Crippen LogP contribution in [-0.4, -0.2) is 78.3 Å². The molecule has 8 nitrogen and oxygen atoms in total. The highest BCUT2D eigenvalue weighted by molar-refractivity contribution is 5.93. The number of methoxy groups -OCH3 is 1. The van der Waals surface area contributed by atoms with Gasteiger partial charge in [0, 0.05) is 57.7 Å². The fourth-order valence-electron chi connectivity index (χ4n) is 4.43. The van der Waals surface area contributed by atoms with E-state index in [-0.39, 0.29) is 11.8 Å². The Balaban J connectivity index is 1.64. The van der Waals surface area contributed by atoms with Crippen molar-refractivity contribution < 1.29 is 19.4 Å². The average Bonchev–Trinajstić information content (AvgIpc) is 3.20. The summed E-state index contributed by atoms with van der Waals surface area (Å²) in [5.74, 6) is -0.105. The maximum absolute atomic E-state index is 11.4. The summed E-state index contributed by atoms with van der Waals surface area (Å²) in [6, 6.07) is 13.6. The lowest BCUT2D eigenvalue weighted by molar-refractivity contribution is -0.0440. The minimum absolute atomic E-state index is 0.139. The number of piperazine rings is 1. The number of carbonyl (C=O) groups is 1. The van der Waals surface area contributed by atoms with Gasteiger partial charge >= 0.3 is 5.97 Å². The Morgan fingerprint density at radius 3 is 2.58 bits per heavy atom. The molecule has 8 heteroatoms. The van der Waals surface area contributed by atoms with Gasteiger partial charge in [-0.15, -0.1) is 0 Å². The average molecular weight is 453 g/mol. The van der Waals surface area contributed by atoms with Crippen molar-refractivity contribution in [1.82, 2.24) is 14.5 Å². The van der Waals surface area contributed by atoms with E-state index in [0.29, 0.717) is 18.5 Å². The lowest BCUT2D eigenvalue weighted by atomic mass is 10.2. The van der Waals surface area contributed by atoms with E-state index in [1.165, 1.54) is 0 Å². The molecule has 1 aliphatic heterocycles. The molecule has 176 valence electrons. The lowest BCUT2D eigenvalue weighted by Gasteiger charge is -2.38. The van der Waals surface area contributed by atoms with Crippen molar-refractivity contribution in [2.45, 2.75) is 26.5 Å². The number of aromatic nitrogens is 2. The van der Waals surface area contributed by atoms with Crippen molar-refractivity contribution in [2.24, 2.45) is 0 Å². The van der Waals surface area contributed by atoms with Gasteiger partial charge in [-0.1, -0.05) is 6.07 Å². The number of fused-ring (bicyclic) bond motifs is 1. The van der Waals surface area contributed by atoms with Crippen molar-refractivity contribution >= 4 is 22.7 Å². The van der Waals surface area contributed by atoms with E-state index in [2.05, 4.69) is 45.6 Å². The van der Waals surface area contributed by atoms with E-state index in [0.717, 1.165) is 55.5 Å². The first kappa shape index (κ1) is 23.2. The zero-order valence-electron chi connectivity index (χ0n) is 19.5. The molecule has 1 aliphatic rings. The Labute approximate surface area is 194 Å². The Morgan fingerprint density at radius 1 is 1.12 bits per heavy atom. The van der Waals surface area contributed by atoms with Gasteiger partial charge < -0.3 is 19.5 Å². The monoisotopic (exact) mass is 452 g/mol. The molecular weight excluding hydrogens is 420 g/mol. The molecule has 1 N–H and O–H groups in total. The van der Waals surface area contributed by atoms with Crippen LogP contribution in [0.4, 0.5) is 5.69 Å². The molecule has 1 saturated heterocycles. The summed E-state index contributed by atoms with van der Waals surface area (Å²) >= 11 is 0. The van der Waals surface area contributed by atoms with Crippen LogP contribution in [0, 0.1) is 0 Å². The van der Waals surface area contributed by atoms with Crippen LogP contribution in [0.5, 0.6) is 0 Å². The summed E-state index contributed by atoms with van der Waals surface area (Å²) in [5, 5.41) is 9.37. The number of anilines is 1. The fourth-order valence-corrected chi connectivity index (χ4v) is 4.43. The first-order valence-electron chi connectivity index (χ1n) is 11.5. The maximum atomic E-state index is 11.4. The number of aromatic carboxylic acids is 1. The maximum Gasteiger partial charge on any atom is 0.335 e. The number of hydrogen-bond acceptors (Lipinski definition) is 6. The van der Waals surface area contributed by atoms with Crippen LogP contribution in [0.1, 0.15) is 30.0 Å². The number of ether oxygens (including phenoxy) is 2. The molecule has 1 atom stereocenters. The van der Waals surface area contributed by atoms with Gasteiger partial charge in [0.05, 0.1) is 23.2 Å². The van der Waals surface area contributed by atoms with Gasteiger partial charge in [0.1, 0.15) is 12.1 Å². The van der Waals surface area contributed by atoms with E-state index in [4.69, 9.17) is 14.5 Å². The first-order valence-corrected chi connectivity index (χ1v) is 11.5. The van der Waals surface area contributed by atoms with Gasteiger partial charge in [0.15, 0.2) is 0 Å². The van der Waals surface area contributed by atoms with E-state index in [1.54, 1.807) is 19.2 Å². The summed E-state index contributed by atoms with van der Waals surface area (Å²) < 4.78 is 13.1. The van der Waals surface area contributed by atoms with Gasteiger partial charge in [0.2, 0.25) is 0 Å². The van der Waals surface area contributed by atoms with Crippen molar-refractivity contribution in [1.29, 1.82) is 0 Å². The topological polar surface area (TPSA) is 80.1 Å². The lowest BCUT2D eigenvalue weighted by Crippen LogP contribution is -2.50. The van der Waals surface area contributed by atoms with Crippen molar-refractivity contribution in [2.75, 3.05) is 51.4 Å². The third-order valence-corrected chi connectivity index (χ3v) is 6.19. The smallest absolute Gasteiger partial charge is 0.335 e. The quantitative estimate of drug-likeness (QED) is 0.533. The molecule has 33 heavy (non-hydrogen) atoms. The molecule has 0 aliphatic carbocycles. The minimum atomic E-state index is -0.954. The zero-order valence-corrected chi connectivity index (χ0v) is 19.5. The van der Waals surface area contributed by atoms with E-state index in [1.807, 2.05) is 13.0 Å². The molecule has 2 heterocycles. The van der Waals surface area contributed by atoms with Gasteiger partial charge in [-0.05, 0) is 50.2 Å². The van der Waals surface area contributed by atoms with Crippen LogP contribution >= 0.6 is 0 Å². The highest BCUT2D eigenvalue weighted by Crippen LogP contribution is 2.27. The van der Waals surface area contributed by atoms with Gasteiger partial charge in [-0.3, -0.25) is 9.47 Å². The number of hydrogen-bond donors (Lipinski definition) is 1. The third kappa shape index (κ3) is 5.03. The van der Waals surface area contributed by atoms with Crippen LogP contribution in [0.2, 0.25) is 0 Å². The zero-order chi connectivity index (χ0) is 23.4. The molecule has 0 radical (unpaired) electrons. The number of rotatable bonds is 9. The number of nitrogens with zero attached hydrogens (tertiary/aromatic N) is 4. The molecular formula is C25H32N4O4. The number of carboxylic acids is 1. The van der Waals surface area contributed by atoms with Crippen LogP contribution in [0.3, 0.4) is 0 Å².